The predicted octanol–water partition coefficient (Wildman–Crippen LogP) is 4.57. The minimum atomic E-state index is -0.226. The summed E-state index contributed by atoms with van der Waals surface area (Å²) in [4.78, 5) is 36.5. The Kier molecular flexibility index (Phi) is 8.50. The monoisotopic (exact) mass is 523 g/mol. The van der Waals surface area contributed by atoms with Crippen LogP contribution in [0.4, 0.5) is 16.2 Å². The molecule has 2 heterocycles. The number of nitrogens with zero attached hydrogens (tertiary/aromatic N) is 4. The lowest BCUT2D eigenvalue weighted by molar-refractivity contribution is 0.0741. The summed E-state index contributed by atoms with van der Waals surface area (Å²) in [6, 6.07) is 14.8. The number of para-hydroxylation sites is 2. The van der Waals surface area contributed by atoms with Crippen molar-refractivity contribution in [2.24, 2.45) is 0 Å². The van der Waals surface area contributed by atoms with Crippen LogP contribution >= 0.6 is 11.3 Å². The number of ether oxygens (including phenoxy) is 2. The van der Waals surface area contributed by atoms with Crippen molar-refractivity contribution in [2.45, 2.75) is 26.4 Å². The number of rotatable bonds is 8. The zero-order valence-corrected chi connectivity index (χ0v) is 22.5. The molecule has 3 aromatic rings. The molecule has 0 bridgehead atoms. The van der Waals surface area contributed by atoms with E-state index in [-0.39, 0.29) is 18.0 Å². The Bertz CT molecular complexity index is 1210. The van der Waals surface area contributed by atoms with Crippen molar-refractivity contribution in [1.82, 2.24) is 14.8 Å². The highest BCUT2D eigenvalue weighted by Gasteiger charge is 2.26. The summed E-state index contributed by atoms with van der Waals surface area (Å²) in [6.45, 7) is 6.87. The Morgan fingerprint density at radius 1 is 1.03 bits per heavy atom. The van der Waals surface area contributed by atoms with Crippen LogP contribution in [0.15, 0.2) is 53.9 Å². The lowest BCUT2D eigenvalue weighted by atomic mass is 10.2. The third-order valence-corrected chi connectivity index (χ3v) is 7.13. The van der Waals surface area contributed by atoms with Crippen molar-refractivity contribution >= 4 is 34.6 Å². The van der Waals surface area contributed by atoms with Crippen molar-refractivity contribution in [3.8, 4) is 11.5 Å². The van der Waals surface area contributed by atoms with Gasteiger partial charge in [-0.05, 0) is 50.2 Å². The van der Waals surface area contributed by atoms with Gasteiger partial charge >= 0.3 is 6.03 Å². The van der Waals surface area contributed by atoms with E-state index >= 15 is 0 Å². The van der Waals surface area contributed by atoms with Gasteiger partial charge in [0.05, 0.1) is 26.5 Å². The van der Waals surface area contributed by atoms with Gasteiger partial charge in [0, 0.05) is 43.3 Å². The van der Waals surface area contributed by atoms with Gasteiger partial charge in [0.25, 0.3) is 5.91 Å². The molecule has 1 N–H and O–H groups in total. The first kappa shape index (κ1) is 26.3. The minimum absolute atomic E-state index is 0.0515. The molecule has 1 fully saturated rings. The molecule has 0 aliphatic carbocycles. The molecule has 0 spiro atoms. The average Bonchev–Trinajstić information content (AvgIpc) is 3.40. The largest absolute Gasteiger partial charge is 0.497 e. The van der Waals surface area contributed by atoms with E-state index in [2.05, 4.69) is 15.2 Å². The van der Waals surface area contributed by atoms with Gasteiger partial charge in [0.2, 0.25) is 0 Å². The van der Waals surface area contributed by atoms with Gasteiger partial charge in [-0.3, -0.25) is 4.79 Å². The topological polar surface area (TPSA) is 87.2 Å². The van der Waals surface area contributed by atoms with Crippen LogP contribution in [0.5, 0.6) is 11.5 Å². The molecule has 1 saturated heterocycles. The molecule has 10 heteroatoms. The van der Waals surface area contributed by atoms with E-state index < -0.39 is 0 Å². The average molecular weight is 524 g/mol. The molecule has 0 radical (unpaired) electrons. The fourth-order valence-corrected chi connectivity index (χ4v) is 4.96. The van der Waals surface area contributed by atoms with Gasteiger partial charge in [0.15, 0.2) is 0 Å². The number of hydrogen-bond donors (Lipinski definition) is 1. The molecular weight excluding hydrogens is 490 g/mol. The molecule has 37 heavy (non-hydrogen) atoms. The third kappa shape index (κ3) is 6.32. The van der Waals surface area contributed by atoms with E-state index in [1.807, 2.05) is 43.0 Å². The first-order valence-corrected chi connectivity index (χ1v) is 13.1. The second-order valence-electron chi connectivity index (χ2n) is 8.96. The number of aromatic nitrogens is 1. The Morgan fingerprint density at radius 2 is 1.73 bits per heavy atom. The number of amides is 3. The molecule has 1 aromatic heterocycles. The van der Waals surface area contributed by atoms with Gasteiger partial charge in [0.1, 0.15) is 22.2 Å². The molecule has 0 saturated carbocycles. The molecule has 1 aliphatic rings. The van der Waals surface area contributed by atoms with Crippen molar-refractivity contribution in [3.63, 3.8) is 0 Å². The van der Waals surface area contributed by atoms with E-state index in [1.54, 1.807) is 48.8 Å². The Balaban J connectivity index is 1.35. The Labute approximate surface area is 221 Å². The molecular formula is C27H33N5O4S. The molecule has 0 unspecified atom stereocenters. The van der Waals surface area contributed by atoms with Crippen LogP contribution in [0.3, 0.4) is 0 Å². The van der Waals surface area contributed by atoms with Crippen molar-refractivity contribution < 1.29 is 19.1 Å². The summed E-state index contributed by atoms with van der Waals surface area (Å²) < 4.78 is 10.7. The van der Waals surface area contributed by atoms with Crippen LogP contribution in [0.2, 0.25) is 0 Å². The van der Waals surface area contributed by atoms with Crippen LogP contribution in [-0.4, -0.2) is 73.2 Å². The summed E-state index contributed by atoms with van der Waals surface area (Å²) in [6.07, 6.45) is 0. The number of methoxy groups -OCH3 is 2. The fourth-order valence-electron chi connectivity index (χ4n) is 4.19. The zero-order valence-electron chi connectivity index (χ0n) is 21.6. The molecule has 2 aromatic carbocycles. The van der Waals surface area contributed by atoms with Gasteiger partial charge in [-0.1, -0.05) is 12.1 Å². The highest BCUT2D eigenvalue weighted by atomic mass is 32.1. The van der Waals surface area contributed by atoms with Gasteiger partial charge in [-0.25, -0.2) is 9.78 Å². The van der Waals surface area contributed by atoms with E-state index in [1.165, 1.54) is 11.3 Å². The smallest absolute Gasteiger partial charge is 0.322 e. The lowest BCUT2D eigenvalue weighted by Gasteiger charge is -2.36. The first-order chi connectivity index (χ1) is 17.9. The Morgan fingerprint density at radius 3 is 2.38 bits per heavy atom. The maximum Gasteiger partial charge on any atom is 0.322 e. The number of thiazole rings is 1. The fraction of sp³-hybridized carbons (Fsp3) is 0.370. The van der Waals surface area contributed by atoms with Crippen molar-refractivity contribution in [1.29, 1.82) is 0 Å². The number of carbonyl (C=O) groups is 2. The predicted molar refractivity (Wildman–Crippen MR) is 146 cm³/mol. The Hall–Kier alpha value is -3.79. The SMILES string of the molecule is COc1ccc(NC(=O)N(Cc2nc(C(=O)N3CCN(c4ccccc4OC)CC3)cs2)C(C)C)cc1. The second-order valence-corrected chi connectivity index (χ2v) is 9.90. The summed E-state index contributed by atoms with van der Waals surface area (Å²) in [5.41, 5.74) is 2.14. The van der Waals surface area contributed by atoms with Crippen LogP contribution in [0.25, 0.3) is 0 Å². The van der Waals surface area contributed by atoms with Crippen molar-refractivity contribution in [3.05, 3.63) is 64.6 Å². The normalized spacial score (nSPS) is 13.4. The van der Waals surface area contributed by atoms with Gasteiger partial charge < -0.3 is 29.5 Å². The maximum atomic E-state index is 13.2. The maximum absolute atomic E-state index is 13.2. The summed E-state index contributed by atoms with van der Waals surface area (Å²) >= 11 is 1.39. The molecule has 4 rings (SSSR count). The van der Waals surface area contributed by atoms with Crippen molar-refractivity contribution in [2.75, 3.05) is 50.6 Å². The van der Waals surface area contributed by atoms with E-state index in [4.69, 9.17) is 9.47 Å². The molecule has 0 atom stereocenters. The summed E-state index contributed by atoms with van der Waals surface area (Å²) in [5.74, 6) is 1.47. The quantitative estimate of drug-likeness (QED) is 0.466. The molecule has 1 aliphatic heterocycles. The molecule has 9 nitrogen and oxygen atoms in total. The summed E-state index contributed by atoms with van der Waals surface area (Å²) in [5, 5.41) is 5.42. The summed E-state index contributed by atoms with van der Waals surface area (Å²) in [7, 11) is 3.27. The highest BCUT2D eigenvalue weighted by Crippen LogP contribution is 2.28. The second kappa shape index (κ2) is 12.0. The number of benzene rings is 2. The van der Waals surface area contributed by atoms with Crippen LogP contribution < -0.4 is 19.7 Å². The molecule has 196 valence electrons. The van der Waals surface area contributed by atoms with E-state index in [0.29, 0.717) is 31.0 Å². The van der Waals surface area contributed by atoms with Crippen LogP contribution in [0, 0.1) is 0 Å². The lowest BCUT2D eigenvalue weighted by Crippen LogP contribution is -2.49. The van der Waals surface area contributed by atoms with Gasteiger partial charge in [-0.2, -0.15) is 0 Å². The van der Waals surface area contributed by atoms with Crippen LogP contribution in [-0.2, 0) is 6.54 Å². The van der Waals surface area contributed by atoms with Crippen LogP contribution in [0.1, 0.15) is 29.3 Å². The van der Waals surface area contributed by atoms with E-state index in [9.17, 15) is 9.59 Å². The molecule has 3 amide bonds. The standard InChI is InChI=1S/C27H33N5O4S/c1-19(2)32(27(34)28-20-9-11-21(35-3)12-10-20)17-25-29-22(18-37-25)26(33)31-15-13-30(14-16-31)23-7-5-6-8-24(23)36-4/h5-12,18-19H,13-17H2,1-4H3,(H,28,34). The van der Waals surface area contributed by atoms with Gasteiger partial charge in [-0.15, -0.1) is 11.3 Å². The number of urea groups is 1. The number of hydrogen-bond acceptors (Lipinski definition) is 7. The number of anilines is 2. The first-order valence-electron chi connectivity index (χ1n) is 12.2. The highest BCUT2D eigenvalue weighted by molar-refractivity contribution is 7.09. The van der Waals surface area contributed by atoms with E-state index in [0.717, 1.165) is 35.3 Å². The third-order valence-electron chi connectivity index (χ3n) is 6.29. The number of piperazine rings is 1. The number of nitrogens with one attached hydrogen (secondary N) is 1. The zero-order chi connectivity index (χ0) is 26.4. The minimum Gasteiger partial charge on any atom is -0.497 e. The number of carbonyl (C=O) groups excluding carboxylic acids is 2.